The van der Waals surface area contributed by atoms with Crippen LogP contribution >= 0.6 is 0 Å². The first-order valence-electron chi connectivity index (χ1n) is 9.60. The molecule has 3 rings (SSSR count). The van der Waals surface area contributed by atoms with Gasteiger partial charge in [0.2, 0.25) is 5.95 Å². The minimum atomic E-state index is -4.52. The van der Waals surface area contributed by atoms with Crippen molar-refractivity contribution < 1.29 is 40.1 Å². The van der Waals surface area contributed by atoms with Gasteiger partial charge in [0, 0.05) is 38.6 Å². The van der Waals surface area contributed by atoms with Gasteiger partial charge in [0.1, 0.15) is 0 Å². The predicted octanol–water partition coefficient (Wildman–Crippen LogP) is 0.330. The van der Waals surface area contributed by atoms with Gasteiger partial charge in [0.05, 0.1) is 31.0 Å². The number of hydrogen-bond acceptors (Lipinski definition) is 9. The molecule has 0 bridgehead atoms. The fourth-order valence-corrected chi connectivity index (χ4v) is 4.04. The number of piperazine rings is 1. The SMILES string of the molecule is CC(CN1CC(C(=O)N2CCN(c3ncc(C(F)(F)F)cn3)CC2)OC1=O)OS(C)(=O)=O. The molecule has 32 heavy (non-hydrogen) atoms. The van der Waals surface area contributed by atoms with Crippen LogP contribution in [0.25, 0.3) is 0 Å². The highest BCUT2D eigenvalue weighted by molar-refractivity contribution is 7.86. The first kappa shape index (κ1) is 24.0. The summed E-state index contributed by atoms with van der Waals surface area (Å²) in [7, 11) is -3.69. The molecule has 0 N–H and O–H groups in total. The van der Waals surface area contributed by atoms with E-state index in [0.29, 0.717) is 25.5 Å². The Morgan fingerprint density at radius 2 is 1.84 bits per heavy atom. The van der Waals surface area contributed by atoms with Gasteiger partial charge in [-0.3, -0.25) is 8.98 Å². The lowest BCUT2D eigenvalue weighted by Gasteiger charge is -2.35. The number of aromatic nitrogens is 2. The van der Waals surface area contributed by atoms with Gasteiger partial charge in [0.25, 0.3) is 16.0 Å². The first-order chi connectivity index (χ1) is 14.8. The van der Waals surface area contributed by atoms with E-state index in [1.165, 1.54) is 16.7 Å². The molecule has 2 amide bonds. The van der Waals surface area contributed by atoms with Crippen LogP contribution < -0.4 is 4.90 Å². The maximum absolute atomic E-state index is 12.7. The number of halogens is 3. The van der Waals surface area contributed by atoms with Crippen LogP contribution in [-0.2, 0) is 30.0 Å². The summed E-state index contributed by atoms with van der Waals surface area (Å²) in [6.07, 6.45) is -4.80. The zero-order chi connectivity index (χ0) is 23.7. The van der Waals surface area contributed by atoms with E-state index in [9.17, 15) is 31.2 Å². The van der Waals surface area contributed by atoms with Crippen LogP contribution in [0.4, 0.5) is 23.9 Å². The lowest BCUT2D eigenvalue weighted by molar-refractivity contribution is -0.139. The first-order valence-corrected chi connectivity index (χ1v) is 11.4. The van der Waals surface area contributed by atoms with Crippen LogP contribution in [-0.4, -0.2) is 97.9 Å². The molecule has 3 heterocycles. The zero-order valence-electron chi connectivity index (χ0n) is 17.3. The Bertz CT molecular complexity index is 950. The number of hydrogen-bond donors (Lipinski definition) is 0. The van der Waals surface area contributed by atoms with E-state index in [4.69, 9.17) is 8.92 Å². The third-order valence-electron chi connectivity index (χ3n) is 4.82. The molecule has 2 aliphatic heterocycles. The van der Waals surface area contributed by atoms with E-state index in [-0.39, 0.29) is 32.1 Å². The molecular weight excluding hydrogens is 459 g/mol. The summed E-state index contributed by atoms with van der Waals surface area (Å²) in [5, 5.41) is 0. The molecule has 1 aromatic rings. The van der Waals surface area contributed by atoms with Gasteiger partial charge < -0.3 is 19.4 Å². The van der Waals surface area contributed by atoms with Gasteiger partial charge in [-0.2, -0.15) is 21.6 Å². The Morgan fingerprint density at radius 3 is 2.38 bits per heavy atom. The molecular formula is C17H22F3N5O6S. The smallest absolute Gasteiger partial charge is 0.419 e. The average Bonchev–Trinajstić information content (AvgIpc) is 3.06. The normalized spacial score (nSPS) is 21.0. The molecule has 11 nitrogen and oxygen atoms in total. The van der Waals surface area contributed by atoms with Crippen LogP contribution in [0.3, 0.4) is 0 Å². The number of anilines is 1. The summed E-state index contributed by atoms with van der Waals surface area (Å²) < 4.78 is 70.2. The van der Waals surface area contributed by atoms with Crippen molar-refractivity contribution in [3.8, 4) is 0 Å². The number of cyclic esters (lactones) is 1. The maximum Gasteiger partial charge on any atom is 0.419 e. The number of alkyl halides is 3. The summed E-state index contributed by atoms with van der Waals surface area (Å²) in [6.45, 7) is 2.44. The molecule has 0 saturated carbocycles. The van der Waals surface area contributed by atoms with Gasteiger partial charge in [-0.15, -0.1) is 0 Å². The van der Waals surface area contributed by atoms with Gasteiger partial charge in [-0.25, -0.2) is 14.8 Å². The standard InChI is InChI=1S/C17H22F3N5O6S/c1-11(31-32(2,28)29)9-25-10-13(30-16(25)27)14(26)23-3-5-24(6-4-23)15-21-7-12(8-22-15)17(18,19)20/h7-8,11,13H,3-6,9-10H2,1-2H3. The molecule has 0 radical (unpaired) electrons. The molecule has 1 aromatic heterocycles. The number of carbonyl (C=O) groups excluding carboxylic acids is 2. The summed E-state index contributed by atoms with van der Waals surface area (Å²) >= 11 is 0. The second-order valence-corrected chi connectivity index (χ2v) is 9.07. The summed E-state index contributed by atoms with van der Waals surface area (Å²) in [6, 6.07) is 0. The minimum absolute atomic E-state index is 0.0443. The molecule has 2 saturated heterocycles. The molecule has 2 atom stereocenters. The number of amides is 2. The zero-order valence-corrected chi connectivity index (χ0v) is 18.1. The molecule has 2 aliphatic rings. The third kappa shape index (κ3) is 5.97. The second-order valence-electron chi connectivity index (χ2n) is 7.47. The highest BCUT2D eigenvalue weighted by atomic mass is 32.2. The van der Waals surface area contributed by atoms with Crippen molar-refractivity contribution in [3.05, 3.63) is 18.0 Å². The van der Waals surface area contributed by atoms with Crippen LogP contribution in [0.5, 0.6) is 0 Å². The van der Waals surface area contributed by atoms with Crippen molar-refractivity contribution in [1.82, 2.24) is 19.8 Å². The third-order valence-corrected chi connectivity index (χ3v) is 5.50. The summed E-state index contributed by atoms with van der Waals surface area (Å²) in [4.78, 5) is 36.6. The van der Waals surface area contributed by atoms with E-state index < -0.39 is 46.1 Å². The van der Waals surface area contributed by atoms with Crippen molar-refractivity contribution in [1.29, 1.82) is 0 Å². The number of nitrogens with zero attached hydrogens (tertiary/aromatic N) is 5. The van der Waals surface area contributed by atoms with Gasteiger partial charge in [-0.05, 0) is 6.92 Å². The van der Waals surface area contributed by atoms with Crippen molar-refractivity contribution in [3.63, 3.8) is 0 Å². The van der Waals surface area contributed by atoms with Gasteiger partial charge >= 0.3 is 12.3 Å². The van der Waals surface area contributed by atoms with E-state index >= 15 is 0 Å². The van der Waals surface area contributed by atoms with E-state index in [1.807, 2.05) is 0 Å². The van der Waals surface area contributed by atoms with E-state index in [1.54, 1.807) is 4.90 Å². The van der Waals surface area contributed by atoms with Crippen molar-refractivity contribution in [2.24, 2.45) is 0 Å². The van der Waals surface area contributed by atoms with E-state index in [0.717, 1.165) is 6.26 Å². The van der Waals surface area contributed by atoms with Gasteiger partial charge in [-0.1, -0.05) is 0 Å². The summed E-state index contributed by atoms with van der Waals surface area (Å²) in [5.41, 5.74) is -0.945. The van der Waals surface area contributed by atoms with Crippen molar-refractivity contribution in [2.45, 2.75) is 25.3 Å². The number of carbonyl (C=O) groups is 2. The molecule has 0 aliphatic carbocycles. The van der Waals surface area contributed by atoms with Crippen molar-refractivity contribution >= 4 is 28.1 Å². The lowest BCUT2D eigenvalue weighted by atomic mass is 10.2. The second kappa shape index (κ2) is 9.05. The number of rotatable bonds is 6. The topological polar surface area (TPSA) is 122 Å². The van der Waals surface area contributed by atoms with Crippen LogP contribution in [0.15, 0.2) is 12.4 Å². The quantitative estimate of drug-likeness (QED) is 0.529. The van der Waals surface area contributed by atoms with Crippen LogP contribution in [0.2, 0.25) is 0 Å². The Labute approximate surface area is 182 Å². The average molecular weight is 481 g/mol. The molecule has 0 aromatic carbocycles. The van der Waals surface area contributed by atoms with E-state index in [2.05, 4.69) is 9.97 Å². The molecule has 2 unspecified atom stereocenters. The fourth-order valence-electron chi connectivity index (χ4n) is 3.39. The molecule has 15 heteroatoms. The monoisotopic (exact) mass is 481 g/mol. The van der Waals surface area contributed by atoms with Gasteiger partial charge in [0.15, 0.2) is 6.10 Å². The predicted molar refractivity (Wildman–Crippen MR) is 103 cm³/mol. The highest BCUT2D eigenvalue weighted by Gasteiger charge is 2.40. The Morgan fingerprint density at radius 1 is 1.25 bits per heavy atom. The lowest BCUT2D eigenvalue weighted by Crippen LogP contribution is -2.52. The Hall–Kier alpha value is -2.68. The largest absolute Gasteiger partial charge is 0.434 e. The summed E-state index contributed by atoms with van der Waals surface area (Å²) in [5.74, 6) is -0.283. The molecule has 178 valence electrons. The maximum atomic E-state index is 12.7. The molecule has 0 spiro atoms. The Kier molecular flexibility index (Phi) is 6.78. The van der Waals surface area contributed by atoms with Crippen LogP contribution in [0.1, 0.15) is 12.5 Å². The fraction of sp³-hybridized carbons (Fsp3) is 0.647. The van der Waals surface area contributed by atoms with Crippen LogP contribution in [0, 0.1) is 0 Å². The highest BCUT2D eigenvalue weighted by Crippen LogP contribution is 2.28. The Balaban J connectivity index is 1.51. The van der Waals surface area contributed by atoms with Crippen molar-refractivity contribution in [2.75, 3.05) is 50.4 Å². The molecule has 2 fully saturated rings. The number of ether oxygens (including phenoxy) is 1. The minimum Gasteiger partial charge on any atom is -0.434 e.